The Bertz CT molecular complexity index is 1430. The Morgan fingerprint density at radius 2 is 2.03 bits per heavy atom. The lowest BCUT2D eigenvalue weighted by Crippen LogP contribution is -2.38. The molecule has 0 bridgehead atoms. The van der Waals surface area contributed by atoms with Crippen LogP contribution in [0.5, 0.6) is 0 Å². The fourth-order valence-corrected chi connectivity index (χ4v) is 6.25. The summed E-state index contributed by atoms with van der Waals surface area (Å²) in [6.45, 7) is 1.62. The van der Waals surface area contributed by atoms with Gasteiger partial charge in [-0.2, -0.15) is 0 Å². The van der Waals surface area contributed by atoms with Gasteiger partial charge in [0.15, 0.2) is 5.13 Å². The molecule has 0 radical (unpaired) electrons. The minimum atomic E-state index is -3.68. The van der Waals surface area contributed by atoms with Crippen molar-refractivity contribution in [3.63, 3.8) is 0 Å². The molecule has 34 heavy (non-hydrogen) atoms. The van der Waals surface area contributed by atoms with Crippen LogP contribution in [0.3, 0.4) is 0 Å². The summed E-state index contributed by atoms with van der Waals surface area (Å²) in [6, 6.07) is 14.4. The third-order valence-electron chi connectivity index (χ3n) is 5.77. The van der Waals surface area contributed by atoms with E-state index in [-0.39, 0.29) is 24.8 Å². The van der Waals surface area contributed by atoms with Gasteiger partial charge in [0, 0.05) is 49.4 Å². The lowest BCUT2D eigenvalue weighted by molar-refractivity contribution is -0.122. The van der Waals surface area contributed by atoms with Gasteiger partial charge >= 0.3 is 0 Å². The Balaban J connectivity index is 0.00000289. The van der Waals surface area contributed by atoms with E-state index in [0.29, 0.717) is 16.7 Å². The molecule has 0 spiro atoms. The standard InChI is InChI=1S/C23H22ClN5O3S2.H2/c24-20-3-1-2-16-8-11-29(22(16)20)15-21(30)26-17-9-12-28(14-17)18-4-6-19(7-5-18)34(31,32)27-23-25-10-13-33-23;/h1-8,10-11,13,17H,9,12,14-15H2,(H,25,27)(H,26,30);1H/t17-;/m0./s1. The Morgan fingerprint density at radius 1 is 1.21 bits per heavy atom. The number of hydrogen-bond donors (Lipinski definition) is 2. The maximum absolute atomic E-state index is 12.7. The van der Waals surface area contributed by atoms with Crippen LogP contribution in [0.4, 0.5) is 10.8 Å². The van der Waals surface area contributed by atoms with Gasteiger partial charge in [0.2, 0.25) is 5.91 Å². The normalized spacial score (nSPS) is 16.1. The molecule has 3 heterocycles. The summed E-state index contributed by atoms with van der Waals surface area (Å²) in [5.74, 6) is -0.0704. The van der Waals surface area contributed by atoms with Crippen molar-refractivity contribution in [2.24, 2.45) is 0 Å². The summed E-state index contributed by atoms with van der Waals surface area (Å²) in [7, 11) is -3.68. The number of rotatable bonds is 7. The summed E-state index contributed by atoms with van der Waals surface area (Å²) >= 11 is 7.54. The molecule has 2 N–H and O–H groups in total. The summed E-state index contributed by atoms with van der Waals surface area (Å²) in [4.78, 5) is 18.9. The van der Waals surface area contributed by atoms with Gasteiger partial charge < -0.3 is 14.8 Å². The molecule has 0 unspecified atom stereocenters. The number of carbonyl (C=O) groups excluding carboxylic acids is 1. The van der Waals surface area contributed by atoms with Crippen LogP contribution >= 0.6 is 22.9 Å². The number of thiazole rings is 1. The second kappa shape index (κ2) is 9.28. The number of anilines is 2. The van der Waals surface area contributed by atoms with Crippen molar-refractivity contribution < 1.29 is 14.6 Å². The molecule has 1 fully saturated rings. The first-order valence-corrected chi connectivity index (χ1v) is 13.4. The lowest BCUT2D eigenvalue weighted by atomic mass is 10.2. The molecule has 1 atom stereocenters. The Kier molecular flexibility index (Phi) is 6.20. The molecule has 2 aromatic heterocycles. The topological polar surface area (TPSA) is 96.3 Å². The lowest BCUT2D eigenvalue weighted by Gasteiger charge is -2.19. The van der Waals surface area contributed by atoms with Gasteiger partial charge in [0.05, 0.1) is 15.4 Å². The minimum Gasteiger partial charge on any atom is -0.369 e. The van der Waals surface area contributed by atoms with Gasteiger partial charge in [-0.1, -0.05) is 23.7 Å². The maximum atomic E-state index is 12.7. The van der Waals surface area contributed by atoms with Crippen molar-refractivity contribution in [2.75, 3.05) is 22.7 Å². The number of fused-ring (bicyclic) bond motifs is 1. The number of aromatic nitrogens is 2. The van der Waals surface area contributed by atoms with Crippen molar-refractivity contribution in [3.8, 4) is 0 Å². The van der Waals surface area contributed by atoms with E-state index in [1.165, 1.54) is 11.3 Å². The SMILES string of the molecule is O=C(Cn1ccc2cccc(Cl)c21)N[C@H]1CCN(c2ccc(S(=O)(=O)Nc3nccs3)cc2)C1.[HH]. The number of para-hydroxylation sites is 1. The molecule has 1 saturated heterocycles. The number of nitrogens with zero attached hydrogens (tertiary/aromatic N) is 3. The quantitative estimate of drug-likeness (QED) is 0.383. The molecule has 5 rings (SSSR count). The predicted octanol–water partition coefficient (Wildman–Crippen LogP) is 4.19. The number of sulfonamides is 1. The minimum absolute atomic E-state index is 0. The van der Waals surface area contributed by atoms with Crippen LogP contribution in [0.2, 0.25) is 5.02 Å². The van der Waals surface area contributed by atoms with Crippen LogP contribution in [0.1, 0.15) is 7.85 Å². The smallest absolute Gasteiger partial charge is 0.263 e. The first-order valence-electron chi connectivity index (χ1n) is 10.7. The monoisotopic (exact) mass is 517 g/mol. The zero-order valence-electron chi connectivity index (χ0n) is 18.0. The second-order valence-electron chi connectivity index (χ2n) is 8.06. The van der Waals surface area contributed by atoms with Crippen LogP contribution in [-0.2, 0) is 21.4 Å². The molecular formula is C23H24ClN5O3S2. The first kappa shape index (κ1) is 22.7. The van der Waals surface area contributed by atoms with Gasteiger partial charge in [0.25, 0.3) is 10.0 Å². The molecule has 8 nitrogen and oxygen atoms in total. The highest BCUT2D eigenvalue weighted by molar-refractivity contribution is 7.93. The van der Waals surface area contributed by atoms with E-state index in [9.17, 15) is 13.2 Å². The number of halogens is 1. The average molecular weight is 518 g/mol. The summed E-state index contributed by atoms with van der Waals surface area (Å²) < 4.78 is 29.4. The summed E-state index contributed by atoms with van der Waals surface area (Å²) in [5, 5.41) is 6.76. The van der Waals surface area contributed by atoms with Crippen LogP contribution < -0.4 is 14.9 Å². The van der Waals surface area contributed by atoms with Crippen LogP contribution in [0, 0.1) is 0 Å². The zero-order chi connectivity index (χ0) is 23.7. The van der Waals surface area contributed by atoms with Crippen LogP contribution in [-0.4, -0.2) is 43.0 Å². The van der Waals surface area contributed by atoms with E-state index >= 15 is 0 Å². The summed E-state index contributed by atoms with van der Waals surface area (Å²) in [6.07, 6.45) is 4.23. The van der Waals surface area contributed by atoms with Crippen LogP contribution in [0.25, 0.3) is 10.9 Å². The fraction of sp³-hybridized carbons (Fsp3) is 0.217. The van der Waals surface area contributed by atoms with E-state index in [2.05, 4.69) is 19.9 Å². The van der Waals surface area contributed by atoms with Gasteiger partial charge in [0.1, 0.15) is 6.54 Å². The van der Waals surface area contributed by atoms with E-state index in [4.69, 9.17) is 11.6 Å². The van der Waals surface area contributed by atoms with Crippen molar-refractivity contribution >= 4 is 60.6 Å². The van der Waals surface area contributed by atoms with Crippen molar-refractivity contribution in [3.05, 3.63) is 71.3 Å². The van der Waals surface area contributed by atoms with Crippen molar-refractivity contribution in [2.45, 2.75) is 23.9 Å². The molecule has 1 aliphatic heterocycles. The van der Waals surface area contributed by atoms with E-state index < -0.39 is 10.0 Å². The van der Waals surface area contributed by atoms with Gasteiger partial charge in [-0.25, -0.2) is 13.4 Å². The predicted molar refractivity (Wildman–Crippen MR) is 137 cm³/mol. The zero-order valence-corrected chi connectivity index (χ0v) is 20.4. The highest BCUT2D eigenvalue weighted by Crippen LogP contribution is 2.26. The average Bonchev–Trinajstić information content (AvgIpc) is 3.56. The maximum Gasteiger partial charge on any atom is 0.263 e. The van der Waals surface area contributed by atoms with Gasteiger partial charge in [-0.15, -0.1) is 11.3 Å². The fourth-order valence-electron chi connectivity index (χ4n) is 4.17. The van der Waals surface area contributed by atoms with Gasteiger partial charge in [-0.3, -0.25) is 9.52 Å². The molecule has 0 aliphatic carbocycles. The van der Waals surface area contributed by atoms with Crippen molar-refractivity contribution in [1.82, 2.24) is 14.9 Å². The third-order valence-corrected chi connectivity index (χ3v) is 8.25. The second-order valence-corrected chi connectivity index (χ2v) is 11.0. The number of benzene rings is 2. The number of nitrogens with one attached hydrogen (secondary N) is 2. The molecule has 11 heteroatoms. The van der Waals surface area contributed by atoms with E-state index in [1.807, 2.05) is 35.0 Å². The molecule has 4 aromatic rings. The highest BCUT2D eigenvalue weighted by Gasteiger charge is 2.25. The van der Waals surface area contributed by atoms with E-state index in [0.717, 1.165) is 29.6 Å². The molecule has 2 aromatic carbocycles. The van der Waals surface area contributed by atoms with Crippen molar-refractivity contribution in [1.29, 1.82) is 0 Å². The molecule has 1 aliphatic rings. The summed E-state index contributed by atoms with van der Waals surface area (Å²) in [5.41, 5.74) is 1.76. The van der Waals surface area contributed by atoms with Gasteiger partial charge in [-0.05, 0) is 42.8 Å². The van der Waals surface area contributed by atoms with E-state index in [1.54, 1.807) is 35.8 Å². The first-order chi connectivity index (χ1) is 16.4. The third kappa shape index (κ3) is 4.75. The van der Waals surface area contributed by atoms with Crippen LogP contribution in [0.15, 0.2) is 71.2 Å². The largest absolute Gasteiger partial charge is 0.369 e. The number of amides is 1. The molecular weight excluding hydrogens is 494 g/mol. The Hall–Kier alpha value is -3.08. The Labute approximate surface area is 207 Å². The number of carbonyl (C=O) groups is 1. The number of hydrogen-bond acceptors (Lipinski definition) is 6. The highest BCUT2D eigenvalue weighted by atomic mass is 35.5. The molecule has 1 amide bonds. The Morgan fingerprint density at radius 3 is 2.79 bits per heavy atom. The molecule has 0 saturated carbocycles. The molecule has 178 valence electrons.